The zero-order valence-electron chi connectivity index (χ0n) is 19.0. The molecule has 1 unspecified atom stereocenters. The Kier molecular flexibility index (Phi) is 6.55. The van der Waals surface area contributed by atoms with Crippen LogP contribution in [-0.4, -0.2) is 31.8 Å². The summed E-state index contributed by atoms with van der Waals surface area (Å²) in [6.45, 7) is 0.326. The summed E-state index contributed by atoms with van der Waals surface area (Å²) in [6, 6.07) is 21.3. The van der Waals surface area contributed by atoms with Crippen molar-refractivity contribution < 1.29 is 9.59 Å². The number of rotatable bonds is 7. The van der Waals surface area contributed by atoms with Gasteiger partial charge >= 0.3 is 0 Å². The lowest BCUT2D eigenvalue weighted by Crippen LogP contribution is -2.38. The van der Waals surface area contributed by atoms with Gasteiger partial charge in [0, 0.05) is 33.4 Å². The van der Waals surface area contributed by atoms with Gasteiger partial charge in [-0.05, 0) is 46.8 Å². The molecule has 3 aromatic carbocycles. The number of amides is 2. The maximum Gasteiger partial charge on any atom is 0.252 e. The maximum atomic E-state index is 13.2. The van der Waals surface area contributed by atoms with E-state index in [-0.39, 0.29) is 0 Å². The van der Waals surface area contributed by atoms with Gasteiger partial charge in [-0.3, -0.25) is 14.6 Å². The average Bonchev–Trinajstić information content (AvgIpc) is 3.35. The quantitative estimate of drug-likeness (QED) is 0.320. The van der Waals surface area contributed by atoms with Gasteiger partial charge in [-0.25, -0.2) is 4.68 Å². The average molecular weight is 541 g/mol. The SMILES string of the molecule is NC(=O)C(NC(=O)c1ccccc1Cn1cc(-c2ccc3cnccc3c2)nn1)c1cccc(Br)c1. The van der Waals surface area contributed by atoms with Crippen molar-refractivity contribution in [3.63, 3.8) is 0 Å². The van der Waals surface area contributed by atoms with Crippen LogP contribution in [0.5, 0.6) is 0 Å². The van der Waals surface area contributed by atoms with Crippen molar-refractivity contribution in [1.29, 1.82) is 0 Å². The zero-order valence-corrected chi connectivity index (χ0v) is 20.6. The number of fused-ring (bicyclic) bond motifs is 1. The van der Waals surface area contributed by atoms with Gasteiger partial charge in [0.05, 0.1) is 12.7 Å². The Morgan fingerprint density at radius 1 is 1.00 bits per heavy atom. The van der Waals surface area contributed by atoms with Crippen LogP contribution in [0, 0.1) is 0 Å². The lowest BCUT2D eigenvalue weighted by Gasteiger charge is -2.17. The molecule has 0 aliphatic carbocycles. The third-order valence-electron chi connectivity index (χ3n) is 5.81. The molecule has 5 aromatic rings. The molecule has 0 spiro atoms. The first-order chi connectivity index (χ1) is 17.5. The number of halogens is 1. The lowest BCUT2D eigenvalue weighted by molar-refractivity contribution is -0.120. The number of nitrogens with zero attached hydrogens (tertiary/aromatic N) is 4. The minimum atomic E-state index is -0.968. The predicted molar refractivity (Wildman–Crippen MR) is 140 cm³/mol. The smallest absolute Gasteiger partial charge is 0.252 e. The Balaban J connectivity index is 1.37. The van der Waals surface area contributed by atoms with E-state index < -0.39 is 17.9 Å². The molecule has 2 aromatic heterocycles. The molecule has 1 atom stereocenters. The molecule has 0 aliphatic rings. The van der Waals surface area contributed by atoms with Gasteiger partial charge < -0.3 is 11.1 Å². The molecule has 2 amide bonds. The van der Waals surface area contributed by atoms with Crippen LogP contribution < -0.4 is 11.1 Å². The molecule has 9 heteroatoms. The van der Waals surface area contributed by atoms with Gasteiger partial charge in [0.2, 0.25) is 5.91 Å². The third kappa shape index (κ3) is 5.01. The Hall–Kier alpha value is -4.37. The second-order valence-corrected chi connectivity index (χ2v) is 9.18. The molecule has 3 N–H and O–H groups in total. The highest BCUT2D eigenvalue weighted by atomic mass is 79.9. The molecule has 0 fully saturated rings. The van der Waals surface area contributed by atoms with Gasteiger partial charge in [-0.1, -0.05) is 63.6 Å². The van der Waals surface area contributed by atoms with Gasteiger partial charge in [0.1, 0.15) is 11.7 Å². The summed E-state index contributed by atoms with van der Waals surface area (Å²) in [5, 5.41) is 13.4. The lowest BCUT2D eigenvalue weighted by atomic mass is 10.0. The van der Waals surface area contributed by atoms with E-state index in [2.05, 4.69) is 36.5 Å². The van der Waals surface area contributed by atoms with E-state index in [0.29, 0.717) is 17.7 Å². The Labute approximate surface area is 215 Å². The fraction of sp³-hybridized carbons (Fsp3) is 0.0741. The molecule has 178 valence electrons. The molecule has 2 heterocycles. The molecule has 36 heavy (non-hydrogen) atoms. The summed E-state index contributed by atoms with van der Waals surface area (Å²) in [5.74, 6) is -1.05. The number of hydrogen-bond donors (Lipinski definition) is 2. The monoisotopic (exact) mass is 540 g/mol. The minimum absolute atomic E-state index is 0.326. The first kappa shape index (κ1) is 23.4. The summed E-state index contributed by atoms with van der Waals surface area (Å²) >= 11 is 3.39. The summed E-state index contributed by atoms with van der Waals surface area (Å²) in [7, 11) is 0. The van der Waals surface area contributed by atoms with Gasteiger partial charge in [0.25, 0.3) is 5.91 Å². The first-order valence-corrected chi connectivity index (χ1v) is 11.9. The fourth-order valence-corrected chi connectivity index (χ4v) is 4.44. The summed E-state index contributed by atoms with van der Waals surface area (Å²) < 4.78 is 2.46. The van der Waals surface area contributed by atoms with Gasteiger partial charge in [-0.15, -0.1) is 5.10 Å². The van der Waals surface area contributed by atoms with E-state index in [1.807, 2.05) is 54.9 Å². The number of hydrogen-bond acceptors (Lipinski definition) is 5. The highest BCUT2D eigenvalue weighted by Gasteiger charge is 2.22. The molecule has 0 saturated carbocycles. The molecule has 0 aliphatic heterocycles. The van der Waals surface area contributed by atoms with Crippen molar-refractivity contribution in [2.24, 2.45) is 5.73 Å². The Bertz CT molecular complexity index is 1580. The zero-order chi connectivity index (χ0) is 25.1. The van der Waals surface area contributed by atoms with Crippen molar-refractivity contribution in [3.05, 3.63) is 113 Å². The molecular weight excluding hydrogens is 520 g/mol. The van der Waals surface area contributed by atoms with Crippen molar-refractivity contribution in [3.8, 4) is 11.3 Å². The van der Waals surface area contributed by atoms with Crippen molar-refractivity contribution in [2.75, 3.05) is 0 Å². The standard InChI is InChI=1S/C27H21BrN6O2/c28-22-6-3-5-19(13-22)25(26(29)35)31-27(36)23-7-2-1-4-21(23)15-34-16-24(32-33-34)18-8-9-20-14-30-11-10-17(20)12-18/h1-14,16,25H,15H2,(H2,29,35)(H,31,36). The van der Waals surface area contributed by atoms with Crippen LogP contribution in [0.4, 0.5) is 0 Å². The summed E-state index contributed by atoms with van der Waals surface area (Å²) in [6.07, 6.45) is 5.41. The number of carbonyl (C=O) groups is 2. The van der Waals surface area contributed by atoms with E-state index in [4.69, 9.17) is 5.73 Å². The molecule has 8 nitrogen and oxygen atoms in total. The summed E-state index contributed by atoms with van der Waals surface area (Å²) in [5.41, 5.74) is 9.01. The highest BCUT2D eigenvalue weighted by Crippen LogP contribution is 2.23. The maximum absolute atomic E-state index is 13.2. The fourth-order valence-electron chi connectivity index (χ4n) is 4.02. The molecular formula is C27H21BrN6O2. The molecule has 0 radical (unpaired) electrons. The van der Waals surface area contributed by atoms with Crippen LogP contribution >= 0.6 is 15.9 Å². The van der Waals surface area contributed by atoms with Gasteiger partial charge in [-0.2, -0.15) is 0 Å². The van der Waals surface area contributed by atoms with Crippen LogP contribution in [0.15, 0.2) is 95.9 Å². The van der Waals surface area contributed by atoms with Crippen LogP contribution in [0.1, 0.15) is 27.5 Å². The molecule has 0 saturated heterocycles. The van der Waals surface area contributed by atoms with E-state index in [1.54, 1.807) is 41.2 Å². The number of nitrogens with one attached hydrogen (secondary N) is 1. The number of pyridine rings is 1. The second kappa shape index (κ2) is 10.1. The number of primary amides is 1. The molecule has 0 bridgehead atoms. The topological polar surface area (TPSA) is 116 Å². The van der Waals surface area contributed by atoms with E-state index in [1.165, 1.54) is 0 Å². The van der Waals surface area contributed by atoms with E-state index >= 15 is 0 Å². The summed E-state index contributed by atoms with van der Waals surface area (Å²) in [4.78, 5) is 29.5. The first-order valence-electron chi connectivity index (χ1n) is 11.2. The van der Waals surface area contributed by atoms with Crippen LogP contribution in [0.3, 0.4) is 0 Å². The number of benzene rings is 3. The normalized spacial score (nSPS) is 11.8. The van der Waals surface area contributed by atoms with Crippen molar-refractivity contribution >= 4 is 38.5 Å². The van der Waals surface area contributed by atoms with Crippen LogP contribution in [0.25, 0.3) is 22.0 Å². The van der Waals surface area contributed by atoms with Crippen molar-refractivity contribution in [1.82, 2.24) is 25.3 Å². The minimum Gasteiger partial charge on any atom is -0.368 e. The number of aromatic nitrogens is 4. The number of nitrogens with two attached hydrogens (primary N) is 1. The van der Waals surface area contributed by atoms with Crippen LogP contribution in [-0.2, 0) is 11.3 Å². The van der Waals surface area contributed by atoms with E-state index in [9.17, 15) is 9.59 Å². The number of carbonyl (C=O) groups excluding carboxylic acids is 2. The predicted octanol–water partition coefficient (Wildman–Crippen LogP) is 4.26. The van der Waals surface area contributed by atoms with Crippen molar-refractivity contribution in [2.45, 2.75) is 12.6 Å². The second-order valence-electron chi connectivity index (χ2n) is 8.26. The highest BCUT2D eigenvalue weighted by molar-refractivity contribution is 9.10. The molecule has 5 rings (SSSR count). The van der Waals surface area contributed by atoms with Gasteiger partial charge in [0.15, 0.2) is 0 Å². The largest absolute Gasteiger partial charge is 0.368 e. The third-order valence-corrected chi connectivity index (χ3v) is 6.30. The Morgan fingerprint density at radius 3 is 2.69 bits per heavy atom. The van der Waals surface area contributed by atoms with E-state index in [0.717, 1.165) is 32.1 Å². The van der Waals surface area contributed by atoms with Crippen LogP contribution in [0.2, 0.25) is 0 Å². The Morgan fingerprint density at radius 2 is 1.86 bits per heavy atom.